The second-order valence-electron chi connectivity index (χ2n) is 4.50. The van der Waals surface area contributed by atoms with Crippen molar-refractivity contribution in [3.8, 4) is 0 Å². The van der Waals surface area contributed by atoms with E-state index in [1.165, 1.54) is 4.88 Å². The maximum atomic E-state index is 5.44. The third-order valence-corrected chi connectivity index (χ3v) is 4.18. The van der Waals surface area contributed by atoms with Crippen LogP contribution in [0.3, 0.4) is 0 Å². The summed E-state index contributed by atoms with van der Waals surface area (Å²) in [7, 11) is 2.04. The first kappa shape index (κ1) is 13.0. The summed E-state index contributed by atoms with van der Waals surface area (Å²) in [6, 6.07) is 2.55. The second kappa shape index (κ2) is 5.07. The molecule has 0 saturated carbocycles. The fourth-order valence-corrected chi connectivity index (χ4v) is 2.67. The largest absolute Gasteiger partial charge is 0.357 e. The molecule has 0 aromatic carbocycles. The van der Waals surface area contributed by atoms with Gasteiger partial charge in [-0.2, -0.15) is 4.98 Å². The van der Waals surface area contributed by atoms with Crippen molar-refractivity contribution in [2.45, 2.75) is 33.2 Å². The van der Waals surface area contributed by atoms with Gasteiger partial charge in [-0.1, -0.05) is 6.92 Å². The standard InChI is InChI=1S/C12H19N5S/c1-5-8-6-9-10(17(4)7(2)3)14-12(16-13)15-11(9)18-8/h6-7H,5,13H2,1-4H3,(H,14,15,16). The van der Waals surface area contributed by atoms with E-state index in [1.54, 1.807) is 11.3 Å². The first-order valence-electron chi connectivity index (χ1n) is 6.06. The Balaban J connectivity index is 2.64. The van der Waals surface area contributed by atoms with E-state index >= 15 is 0 Å². The average molecular weight is 265 g/mol. The number of hydrogen-bond donors (Lipinski definition) is 2. The van der Waals surface area contributed by atoms with Crippen LogP contribution in [0.4, 0.5) is 11.8 Å². The van der Waals surface area contributed by atoms with E-state index in [0.717, 1.165) is 22.5 Å². The van der Waals surface area contributed by atoms with Crippen molar-refractivity contribution in [3.05, 3.63) is 10.9 Å². The molecule has 6 heteroatoms. The molecule has 0 amide bonds. The monoisotopic (exact) mass is 265 g/mol. The van der Waals surface area contributed by atoms with Crippen LogP contribution in [0.25, 0.3) is 10.2 Å². The third kappa shape index (κ3) is 2.26. The summed E-state index contributed by atoms with van der Waals surface area (Å²) < 4.78 is 0. The molecule has 0 aliphatic heterocycles. The van der Waals surface area contributed by atoms with Crippen molar-refractivity contribution in [1.29, 1.82) is 0 Å². The van der Waals surface area contributed by atoms with Crippen molar-refractivity contribution < 1.29 is 0 Å². The minimum Gasteiger partial charge on any atom is -0.357 e. The zero-order valence-electron chi connectivity index (χ0n) is 11.2. The minimum atomic E-state index is 0.374. The van der Waals surface area contributed by atoms with E-state index in [4.69, 9.17) is 5.84 Å². The van der Waals surface area contributed by atoms with Gasteiger partial charge in [0.2, 0.25) is 5.95 Å². The highest BCUT2D eigenvalue weighted by Gasteiger charge is 2.15. The maximum Gasteiger partial charge on any atom is 0.240 e. The molecule has 2 aromatic rings. The van der Waals surface area contributed by atoms with Gasteiger partial charge in [-0.3, -0.25) is 5.43 Å². The number of anilines is 2. The Labute approximate surface area is 111 Å². The summed E-state index contributed by atoms with van der Waals surface area (Å²) in [5, 5.41) is 1.10. The second-order valence-corrected chi connectivity index (χ2v) is 5.62. The van der Waals surface area contributed by atoms with Crippen molar-refractivity contribution in [2.75, 3.05) is 17.4 Å². The number of aromatic nitrogens is 2. The zero-order chi connectivity index (χ0) is 13.3. The van der Waals surface area contributed by atoms with Crippen molar-refractivity contribution in [2.24, 2.45) is 5.84 Å². The number of aryl methyl sites for hydroxylation is 1. The zero-order valence-corrected chi connectivity index (χ0v) is 12.0. The molecule has 0 unspecified atom stereocenters. The smallest absolute Gasteiger partial charge is 0.240 e. The molecular formula is C12H19N5S. The summed E-state index contributed by atoms with van der Waals surface area (Å²) in [6.45, 7) is 6.42. The maximum absolute atomic E-state index is 5.44. The number of nitrogens with zero attached hydrogens (tertiary/aromatic N) is 3. The fraction of sp³-hybridized carbons (Fsp3) is 0.500. The van der Waals surface area contributed by atoms with E-state index in [9.17, 15) is 0 Å². The Bertz CT molecular complexity index is 549. The van der Waals surface area contributed by atoms with Gasteiger partial charge in [0.05, 0.1) is 5.39 Å². The molecule has 2 rings (SSSR count). The molecule has 2 aromatic heterocycles. The van der Waals surface area contributed by atoms with Crippen LogP contribution in [-0.4, -0.2) is 23.1 Å². The highest BCUT2D eigenvalue weighted by molar-refractivity contribution is 7.18. The Kier molecular flexibility index (Phi) is 3.68. The number of nitrogens with one attached hydrogen (secondary N) is 1. The lowest BCUT2D eigenvalue weighted by molar-refractivity contribution is 0.746. The van der Waals surface area contributed by atoms with Crippen LogP contribution in [-0.2, 0) is 6.42 Å². The van der Waals surface area contributed by atoms with Gasteiger partial charge in [-0.15, -0.1) is 11.3 Å². The van der Waals surface area contributed by atoms with Gasteiger partial charge in [0.15, 0.2) is 0 Å². The van der Waals surface area contributed by atoms with Gasteiger partial charge in [0, 0.05) is 18.0 Å². The van der Waals surface area contributed by atoms with Gasteiger partial charge >= 0.3 is 0 Å². The molecule has 0 aliphatic rings. The van der Waals surface area contributed by atoms with E-state index in [-0.39, 0.29) is 0 Å². The van der Waals surface area contributed by atoms with Crippen LogP contribution >= 0.6 is 11.3 Å². The Morgan fingerprint density at radius 1 is 1.44 bits per heavy atom. The third-order valence-electron chi connectivity index (χ3n) is 3.01. The van der Waals surface area contributed by atoms with E-state index in [2.05, 4.69) is 47.1 Å². The lowest BCUT2D eigenvalue weighted by atomic mass is 10.2. The molecule has 5 nitrogen and oxygen atoms in total. The predicted molar refractivity (Wildman–Crippen MR) is 78.1 cm³/mol. The molecule has 0 aliphatic carbocycles. The SMILES string of the molecule is CCc1cc2c(N(C)C(C)C)nc(NN)nc2s1. The lowest BCUT2D eigenvalue weighted by Gasteiger charge is -2.23. The molecule has 98 valence electrons. The molecule has 0 fully saturated rings. The minimum absolute atomic E-state index is 0.374. The summed E-state index contributed by atoms with van der Waals surface area (Å²) in [5.74, 6) is 6.83. The Hall–Kier alpha value is -1.40. The van der Waals surface area contributed by atoms with E-state index < -0.39 is 0 Å². The summed E-state index contributed by atoms with van der Waals surface area (Å²) >= 11 is 1.70. The summed E-state index contributed by atoms with van der Waals surface area (Å²) in [4.78, 5) is 13.3. The summed E-state index contributed by atoms with van der Waals surface area (Å²) in [6.07, 6.45) is 1.01. The topological polar surface area (TPSA) is 67.1 Å². The van der Waals surface area contributed by atoms with Crippen molar-refractivity contribution in [3.63, 3.8) is 0 Å². The van der Waals surface area contributed by atoms with Crippen LogP contribution < -0.4 is 16.2 Å². The number of hydrogen-bond acceptors (Lipinski definition) is 6. The van der Waals surface area contributed by atoms with Crippen molar-refractivity contribution in [1.82, 2.24) is 9.97 Å². The number of fused-ring (bicyclic) bond motifs is 1. The molecule has 2 heterocycles. The highest BCUT2D eigenvalue weighted by Crippen LogP contribution is 2.32. The molecule has 18 heavy (non-hydrogen) atoms. The number of hydrazine groups is 1. The lowest BCUT2D eigenvalue weighted by Crippen LogP contribution is -2.27. The molecule has 0 bridgehead atoms. The quantitative estimate of drug-likeness (QED) is 0.656. The number of rotatable bonds is 4. The average Bonchev–Trinajstić information content (AvgIpc) is 2.79. The molecule has 0 spiro atoms. The van der Waals surface area contributed by atoms with E-state index in [1.807, 2.05) is 7.05 Å². The number of thiophene rings is 1. The first-order chi connectivity index (χ1) is 8.56. The highest BCUT2D eigenvalue weighted by atomic mass is 32.1. The van der Waals surface area contributed by atoms with E-state index in [0.29, 0.717) is 12.0 Å². The van der Waals surface area contributed by atoms with Crippen LogP contribution in [0.15, 0.2) is 6.07 Å². The number of nitrogens with two attached hydrogens (primary N) is 1. The van der Waals surface area contributed by atoms with Gasteiger partial charge < -0.3 is 4.90 Å². The van der Waals surface area contributed by atoms with Crippen LogP contribution in [0, 0.1) is 0 Å². The Morgan fingerprint density at radius 3 is 2.72 bits per heavy atom. The molecule has 0 radical (unpaired) electrons. The molecule has 0 atom stereocenters. The van der Waals surface area contributed by atoms with Gasteiger partial charge in [-0.05, 0) is 26.3 Å². The molecule has 3 N–H and O–H groups in total. The molecular weight excluding hydrogens is 246 g/mol. The first-order valence-corrected chi connectivity index (χ1v) is 6.88. The van der Waals surface area contributed by atoms with Gasteiger partial charge in [-0.25, -0.2) is 10.8 Å². The van der Waals surface area contributed by atoms with Crippen LogP contribution in [0.5, 0.6) is 0 Å². The fourth-order valence-electron chi connectivity index (χ4n) is 1.71. The number of nitrogen functional groups attached to an aromatic ring is 1. The predicted octanol–water partition coefficient (Wildman–Crippen LogP) is 2.38. The van der Waals surface area contributed by atoms with Crippen LogP contribution in [0.1, 0.15) is 25.6 Å². The molecule has 0 saturated heterocycles. The normalized spacial score (nSPS) is 11.2. The summed E-state index contributed by atoms with van der Waals surface area (Å²) in [5.41, 5.74) is 2.54. The Morgan fingerprint density at radius 2 is 2.17 bits per heavy atom. The van der Waals surface area contributed by atoms with Crippen LogP contribution in [0.2, 0.25) is 0 Å². The van der Waals surface area contributed by atoms with Gasteiger partial charge in [0.25, 0.3) is 0 Å². The van der Waals surface area contributed by atoms with Crippen molar-refractivity contribution >= 4 is 33.3 Å². The van der Waals surface area contributed by atoms with Gasteiger partial charge in [0.1, 0.15) is 10.6 Å².